The van der Waals surface area contributed by atoms with Gasteiger partial charge >= 0.3 is 6.03 Å². The highest BCUT2D eigenvalue weighted by molar-refractivity contribution is 5.90. The molecule has 0 bridgehead atoms. The van der Waals surface area contributed by atoms with Crippen LogP contribution in [0.2, 0.25) is 0 Å². The average Bonchev–Trinajstić information content (AvgIpc) is 2.65. The van der Waals surface area contributed by atoms with Gasteiger partial charge in [0.15, 0.2) is 0 Å². The standard InChI is InChI=1S/C20H19N3O2/c1-2-20(12-4-3-5-18(20)24)23-19(25)22-17-8-6-15(7-9-17)16-10-13-21-14-11-16/h2-14,18,24H,1H2,(H2,22,23,25)/t18?,20-/m1/s1. The van der Waals surface area contributed by atoms with E-state index in [2.05, 4.69) is 22.2 Å². The maximum Gasteiger partial charge on any atom is 0.320 e. The van der Waals surface area contributed by atoms with Crippen molar-refractivity contribution in [3.63, 3.8) is 0 Å². The summed E-state index contributed by atoms with van der Waals surface area (Å²) in [6.45, 7) is 3.72. The molecule has 1 aliphatic carbocycles. The maximum atomic E-state index is 12.3. The number of aliphatic hydroxyl groups excluding tert-OH is 1. The zero-order valence-electron chi connectivity index (χ0n) is 13.6. The van der Waals surface area contributed by atoms with Gasteiger partial charge in [-0.15, -0.1) is 6.58 Å². The van der Waals surface area contributed by atoms with Crippen molar-refractivity contribution >= 4 is 11.7 Å². The largest absolute Gasteiger partial charge is 0.386 e. The van der Waals surface area contributed by atoms with E-state index in [4.69, 9.17) is 0 Å². The van der Waals surface area contributed by atoms with Gasteiger partial charge in [0, 0.05) is 18.1 Å². The van der Waals surface area contributed by atoms with Crippen LogP contribution >= 0.6 is 0 Å². The van der Waals surface area contributed by atoms with E-state index in [9.17, 15) is 9.90 Å². The van der Waals surface area contributed by atoms with E-state index in [-0.39, 0.29) is 0 Å². The number of nitrogens with zero attached hydrogens (tertiary/aromatic N) is 1. The SMILES string of the molecule is C=C[C@@]1(NC(=O)Nc2ccc(-c3ccncc3)cc2)C=CC=CC1O. The second-order valence-corrected chi connectivity index (χ2v) is 5.72. The third-order valence-electron chi connectivity index (χ3n) is 4.09. The van der Waals surface area contributed by atoms with E-state index < -0.39 is 17.7 Å². The summed E-state index contributed by atoms with van der Waals surface area (Å²) in [7, 11) is 0. The van der Waals surface area contributed by atoms with Crippen molar-refractivity contribution in [1.82, 2.24) is 10.3 Å². The Kier molecular flexibility index (Phi) is 4.77. The summed E-state index contributed by atoms with van der Waals surface area (Å²) in [5.41, 5.74) is 1.72. The van der Waals surface area contributed by atoms with E-state index in [0.717, 1.165) is 11.1 Å². The van der Waals surface area contributed by atoms with Crippen molar-refractivity contribution in [3.05, 3.63) is 85.8 Å². The average molecular weight is 333 g/mol. The molecule has 0 saturated carbocycles. The number of nitrogens with one attached hydrogen (secondary N) is 2. The van der Waals surface area contributed by atoms with Crippen molar-refractivity contribution in [2.24, 2.45) is 0 Å². The topological polar surface area (TPSA) is 74.2 Å². The lowest BCUT2D eigenvalue weighted by Crippen LogP contribution is -2.55. The van der Waals surface area contributed by atoms with Crippen LogP contribution in [0.5, 0.6) is 0 Å². The molecule has 3 rings (SSSR count). The highest BCUT2D eigenvalue weighted by Gasteiger charge is 2.33. The van der Waals surface area contributed by atoms with Crippen LogP contribution in [-0.2, 0) is 0 Å². The summed E-state index contributed by atoms with van der Waals surface area (Å²) in [6, 6.07) is 10.9. The van der Waals surface area contributed by atoms with Crippen molar-refractivity contribution < 1.29 is 9.90 Å². The minimum absolute atomic E-state index is 0.421. The summed E-state index contributed by atoms with van der Waals surface area (Å²) in [6.07, 6.45) is 10.9. The molecule has 0 radical (unpaired) electrons. The predicted molar refractivity (Wildman–Crippen MR) is 99.0 cm³/mol. The van der Waals surface area contributed by atoms with Crippen LogP contribution in [0.3, 0.4) is 0 Å². The number of benzene rings is 1. The van der Waals surface area contributed by atoms with Crippen LogP contribution in [0.25, 0.3) is 11.1 Å². The van der Waals surface area contributed by atoms with Crippen LogP contribution in [0, 0.1) is 0 Å². The number of carbonyl (C=O) groups is 1. The summed E-state index contributed by atoms with van der Waals surface area (Å²) < 4.78 is 0. The van der Waals surface area contributed by atoms with Gasteiger partial charge in [0.1, 0.15) is 11.6 Å². The highest BCUT2D eigenvalue weighted by atomic mass is 16.3. The molecule has 0 spiro atoms. The summed E-state index contributed by atoms with van der Waals surface area (Å²) >= 11 is 0. The summed E-state index contributed by atoms with van der Waals surface area (Å²) in [4.78, 5) is 16.3. The molecule has 126 valence electrons. The van der Waals surface area contributed by atoms with Gasteiger partial charge in [0.25, 0.3) is 0 Å². The molecule has 2 amide bonds. The van der Waals surface area contributed by atoms with Gasteiger partial charge < -0.3 is 15.7 Å². The second kappa shape index (κ2) is 7.15. The number of hydrogen-bond acceptors (Lipinski definition) is 3. The van der Waals surface area contributed by atoms with E-state index in [0.29, 0.717) is 5.69 Å². The van der Waals surface area contributed by atoms with Crippen molar-refractivity contribution in [2.75, 3.05) is 5.32 Å². The van der Waals surface area contributed by atoms with E-state index in [1.54, 1.807) is 36.7 Å². The number of allylic oxidation sites excluding steroid dienone is 2. The lowest BCUT2D eigenvalue weighted by atomic mass is 9.88. The monoisotopic (exact) mass is 333 g/mol. The van der Waals surface area contributed by atoms with E-state index in [1.165, 1.54) is 6.08 Å². The Bertz CT molecular complexity index is 813. The molecule has 3 N–H and O–H groups in total. The normalized spacial score (nSPS) is 21.6. The number of aromatic nitrogens is 1. The molecular weight excluding hydrogens is 314 g/mol. The first-order valence-electron chi connectivity index (χ1n) is 7.90. The maximum absolute atomic E-state index is 12.3. The van der Waals surface area contributed by atoms with Crippen molar-refractivity contribution in [2.45, 2.75) is 11.6 Å². The van der Waals surface area contributed by atoms with Crippen molar-refractivity contribution in [3.8, 4) is 11.1 Å². The molecule has 5 nitrogen and oxygen atoms in total. The number of hydrogen-bond donors (Lipinski definition) is 3. The minimum Gasteiger partial charge on any atom is -0.386 e. The Morgan fingerprint density at radius 2 is 1.80 bits per heavy atom. The van der Waals surface area contributed by atoms with Gasteiger partial charge in [0.2, 0.25) is 0 Å². The number of urea groups is 1. The third kappa shape index (κ3) is 3.67. The van der Waals surface area contributed by atoms with Crippen molar-refractivity contribution in [1.29, 1.82) is 0 Å². The molecular formula is C20H19N3O2. The van der Waals surface area contributed by atoms with E-state index >= 15 is 0 Å². The molecule has 25 heavy (non-hydrogen) atoms. The number of amides is 2. The minimum atomic E-state index is -1.02. The quantitative estimate of drug-likeness (QED) is 0.752. The van der Waals surface area contributed by atoms with Crippen LogP contribution in [0.4, 0.5) is 10.5 Å². The molecule has 1 aliphatic rings. The van der Waals surface area contributed by atoms with Gasteiger partial charge in [0.05, 0.1) is 0 Å². The molecule has 1 aromatic heterocycles. The Morgan fingerprint density at radius 3 is 2.44 bits per heavy atom. The second-order valence-electron chi connectivity index (χ2n) is 5.72. The molecule has 0 saturated heterocycles. The van der Waals surface area contributed by atoms with Crippen LogP contribution in [-0.4, -0.2) is 27.8 Å². The van der Waals surface area contributed by atoms with Crippen LogP contribution < -0.4 is 10.6 Å². The Hall–Kier alpha value is -3.18. The van der Waals surface area contributed by atoms with Gasteiger partial charge in [-0.2, -0.15) is 0 Å². The molecule has 2 atom stereocenters. The Morgan fingerprint density at radius 1 is 1.12 bits per heavy atom. The first kappa shape index (κ1) is 16.7. The molecule has 1 aromatic carbocycles. The Labute approximate surface area is 146 Å². The number of pyridine rings is 1. The molecule has 5 heteroatoms. The van der Waals surface area contributed by atoms with Crippen LogP contribution in [0.15, 0.2) is 85.8 Å². The zero-order chi connectivity index (χ0) is 17.7. The first-order valence-corrected chi connectivity index (χ1v) is 7.90. The zero-order valence-corrected chi connectivity index (χ0v) is 13.6. The fourth-order valence-electron chi connectivity index (χ4n) is 2.65. The van der Waals surface area contributed by atoms with Gasteiger partial charge in [-0.3, -0.25) is 4.98 Å². The number of anilines is 1. The lowest BCUT2D eigenvalue weighted by Gasteiger charge is -2.33. The third-order valence-corrected chi connectivity index (χ3v) is 4.09. The fraction of sp³-hybridized carbons (Fsp3) is 0.100. The number of carbonyl (C=O) groups excluding carboxylic acids is 1. The Balaban J connectivity index is 1.68. The van der Waals surface area contributed by atoms with Gasteiger partial charge in [-0.05, 0) is 35.4 Å². The predicted octanol–water partition coefficient (Wildman–Crippen LogP) is 3.28. The summed E-state index contributed by atoms with van der Waals surface area (Å²) in [5.74, 6) is 0. The smallest absolute Gasteiger partial charge is 0.320 e. The molecule has 1 heterocycles. The van der Waals surface area contributed by atoms with Crippen LogP contribution in [0.1, 0.15) is 0 Å². The van der Waals surface area contributed by atoms with Gasteiger partial charge in [-0.1, -0.05) is 42.5 Å². The highest BCUT2D eigenvalue weighted by Crippen LogP contribution is 2.22. The lowest BCUT2D eigenvalue weighted by molar-refractivity contribution is 0.156. The number of aliphatic hydroxyl groups is 1. The molecule has 0 aliphatic heterocycles. The molecule has 2 aromatic rings. The molecule has 1 unspecified atom stereocenters. The first-order chi connectivity index (χ1) is 12.1. The van der Waals surface area contributed by atoms with Gasteiger partial charge in [-0.25, -0.2) is 4.79 Å². The van der Waals surface area contributed by atoms with E-state index in [1.807, 2.05) is 36.4 Å². The number of rotatable bonds is 4. The molecule has 0 fully saturated rings. The summed E-state index contributed by atoms with van der Waals surface area (Å²) in [5, 5.41) is 15.7. The fourth-order valence-corrected chi connectivity index (χ4v) is 2.65.